The maximum Gasteiger partial charge on any atom is 0.338 e. The number of carbonyl (C=O) groups is 2. The second-order valence-electron chi connectivity index (χ2n) is 7.74. The maximum atomic E-state index is 12.9. The molecule has 186 valence electrons. The van der Waals surface area contributed by atoms with Crippen LogP contribution in [0.1, 0.15) is 45.2 Å². The molecular weight excluding hydrogens is 466 g/mol. The number of carbonyl (C=O) groups excluding carboxylic acids is 2. The third kappa shape index (κ3) is 6.95. The minimum absolute atomic E-state index is 0.182. The van der Waals surface area contributed by atoms with Gasteiger partial charge in [-0.05, 0) is 62.3 Å². The Kier molecular flexibility index (Phi) is 9.48. The van der Waals surface area contributed by atoms with Gasteiger partial charge >= 0.3 is 5.97 Å². The van der Waals surface area contributed by atoms with Crippen molar-refractivity contribution in [3.05, 3.63) is 65.4 Å². The molecule has 1 amide bonds. The van der Waals surface area contributed by atoms with Gasteiger partial charge < -0.3 is 30.2 Å². The fourth-order valence-corrected chi connectivity index (χ4v) is 3.96. The fraction of sp³-hybridized carbons (Fsp3) is 0.346. The van der Waals surface area contributed by atoms with Gasteiger partial charge in [-0.3, -0.25) is 4.79 Å². The first kappa shape index (κ1) is 26.0. The van der Waals surface area contributed by atoms with Crippen molar-refractivity contribution in [1.29, 1.82) is 0 Å². The third-order valence-corrected chi connectivity index (χ3v) is 5.39. The highest BCUT2D eigenvalue weighted by atomic mass is 32.1. The molecule has 0 bridgehead atoms. The van der Waals surface area contributed by atoms with Gasteiger partial charge in [0.05, 0.1) is 24.8 Å². The van der Waals surface area contributed by atoms with Crippen LogP contribution in [0, 0.1) is 0 Å². The van der Waals surface area contributed by atoms with Crippen LogP contribution in [-0.4, -0.2) is 36.8 Å². The zero-order valence-electron chi connectivity index (χ0n) is 20.2. The van der Waals surface area contributed by atoms with Crippen LogP contribution in [-0.2, 0) is 14.3 Å². The summed E-state index contributed by atoms with van der Waals surface area (Å²) in [5.41, 5.74) is 2.68. The Bertz CT molecular complexity index is 1090. The molecule has 0 spiro atoms. The van der Waals surface area contributed by atoms with Gasteiger partial charge in [0, 0.05) is 11.4 Å². The van der Waals surface area contributed by atoms with Crippen LogP contribution in [0.4, 0.5) is 5.69 Å². The van der Waals surface area contributed by atoms with Crippen LogP contribution in [0.2, 0.25) is 0 Å². The van der Waals surface area contributed by atoms with Crippen molar-refractivity contribution in [3.63, 3.8) is 0 Å². The van der Waals surface area contributed by atoms with E-state index in [9.17, 15) is 9.59 Å². The molecule has 8 nitrogen and oxygen atoms in total. The van der Waals surface area contributed by atoms with E-state index >= 15 is 0 Å². The van der Waals surface area contributed by atoms with Gasteiger partial charge in [-0.25, -0.2) is 4.79 Å². The zero-order valence-corrected chi connectivity index (χ0v) is 21.0. The number of anilines is 1. The van der Waals surface area contributed by atoms with E-state index < -0.39 is 12.0 Å². The fourth-order valence-electron chi connectivity index (χ4n) is 3.72. The van der Waals surface area contributed by atoms with Crippen LogP contribution in [0.25, 0.3) is 0 Å². The second kappa shape index (κ2) is 12.8. The minimum Gasteiger partial charge on any atom is -0.490 e. The number of benzene rings is 2. The van der Waals surface area contributed by atoms with Gasteiger partial charge in [0.15, 0.2) is 23.2 Å². The Morgan fingerprint density at radius 2 is 1.77 bits per heavy atom. The van der Waals surface area contributed by atoms with Crippen molar-refractivity contribution in [2.45, 2.75) is 39.7 Å². The molecule has 0 fully saturated rings. The number of thiocarbonyl (C=S) groups is 1. The van der Waals surface area contributed by atoms with Crippen molar-refractivity contribution in [2.75, 3.05) is 25.1 Å². The number of hydrogen-bond donors (Lipinski definition) is 3. The molecule has 2 aromatic carbocycles. The van der Waals surface area contributed by atoms with E-state index in [2.05, 4.69) is 16.0 Å². The molecule has 0 saturated heterocycles. The van der Waals surface area contributed by atoms with Gasteiger partial charge in [-0.1, -0.05) is 37.6 Å². The number of amides is 1. The molecule has 2 aromatic rings. The first-order chi connectivity index (χ1) is 17.0. The van der Waals surface area contributed by atoms with E-state index in [-0.39, 0.29) is 19.1 Å². The molecular formula is C26H31N3O5S. The molecule has 3 N–H and O–H groups in total. The molecule has 0 unspecified atom stereocenters. The summed E-state index contributed by atoms with van der Waals surface area (Å²) in [7, 11) is 0. The van der Waals surface area contributed by atoms with Gasteiger partial charge in [0.1, 0.15) is 0 Å². The van der Waals surface area contributed by atoms with Crippen molar-refractivity contribution >= 4 is 34.9 Å². The Balaban J connectivity index is 1.85. The lowest BCUT2D eigenvalue weighted by atomic mass is 9.93. The number of nitrogens with one attached hydrogen (secondary N) is 3. The topological polar surface area (TPSA) is 97.9 Å². The number of rotatable bonds is 11. The molecule has 0 radical (unpaired) electrons. The highest BCUT2D eigenvalue weighted by Crippen LogP contribution is 2.35. The summed E-state index contributed by atoms with van der Waals surface area (Å²) in [5, 5.41) is 9.50. The summed E-state index contributed by atoms with van der Waals surface area (Å²) >= 11 is 5.40. The van der Waals surface area contributed by atoms with Gasteiger partial charge in [0.2, 0.25) is 0 Å². The van der Waals surface area contributed by atoms with Gasteiger partial charge in [-0.2, -0.15) is 0 Å². The maximum absolute atomic E-state index is 12.9. The Hall–Kier alpha value is -3.59. The van der Waals surface area contributed by atoms with E-state index in [1.54, 1.807) is 31.2 Å². The first-order valence-electron chi connectivity index (χ1n) is 11.7. The second-order valence-corrected chi connectivity index (χ2v) is 8.14. The number of allylic oxidation sites excluding steroid dienone is 1. The molecule has 9 heteroatoms. The Morgan fingerprint density at radius 1 is 1.00 bits per heavy atom. The molecule has 0 saturated carbocycles. The average Bonchev–Trinajstić information content (AvgIpc) is 2.84. The summed E-state index contributed by atoms with van der Waals surface area (Å²) < 4.78 is 16.9. The summed E-state index contributed by atoms with van der Waals surface area (Å²) in [4.78, 5) is 25.2. The number of hydrogen-bond acceptors (Lipinski definition) is 6. The highest BCUT2D eigenvalue weighted by Gasteiger charge is 2.32. The predicted octanol–water partition coefficient (Wildman–Crippen LogP) is 4.24. The molecule has 35 heavy (non-hydrogen) atoms. The van der Waals surface area contributed by atoms with E-state index in [4.69, 9.17) is 26.4 Å². The molecule has 1 aliphatic heterocycles. The van der Waals surface area contributed by atoms with Crippen molar-refractivity contribution in [2.24, 2.45) is 0 Å². The van der Waals surface area contributed by atoms with E-state index in [0.717, 1.165) is 17.7 Å². The lowest BCUT2D eigenvalue weighted by Gasteiger charge is -2.31. The Morgan fingerprint density at radius 3 is 2.46 bits per heavy atom. The van der Waals surface area contributed by atoms with Crippen LogP contribution < -0.4 is 25.4 Å². The quantitative estimate of drug-likeness (QED) is 0.313. The zero-order chi connectivity index (χ0) is 25.2. The van der Waals surface area contributed by atoms with Crippen molar-refractivity contribution in [1.82, 2.24) is 10.6 Å². The summed E-state index contributed by atoms with van der Waals surface area (Å²) in [6, 6.07) is 14.0. The van der Waals surface area contributed by atoms with Gasteiger partial charge in [-0.15, -0.1) is 0 Å². The molecule has 0 aliphatic carbocycles. The van der Waals surface area contributed by atoms with Crippen LogP contribution in [0.3, 0.4) is 0 Å². The monoisotopic (exact) mass is 497 g/mol. The van der Waals surface area contributed by atoms with E-state index in [1.807, 2.05) is 38.1 Å². The molecule has 3 rings (SSSR count). The lowest BCUT2D eigenvalue weighted by molar-refractivity contribution is -0.139. The number of ether oxygens (including phenoxy) is 3. The normalized spacial score (nSPS) is 15.1. The van der Waals surface area contributed by atoms with Gasteiger partial charge in [0.25, 0.3) is 5.91 Å². The number of para-hydroxylation sites is 1. The Labute approximate surface area is 211 Å². The molecule has 1 aliphatic rings. The van der Waals surface area contributed by atoms with Crippen LogP contribution in [0.15, 0.2) is 59.8 Å². The number of esters is 1. The van der Waals surface area contributed by atoms with E-state index in [1.165, 1.54) is 0 Å². The molecule has 1 heterocycles. The van der Waals surface area contributed by atoms with Crippen LogP contribution in [0.5, 0.6) is 11.5 Å². The standard InChI is InChI=1S/C26H31N3O5S/c1-4-10-19-23(25(31)33-6-3)24(29-26(35)28-19)17-13-14-20(21(15-17)32-5-2)34-16-22(30)27-18-11-8-7-9-12-18/h7-9,11-15,24H,4-6,10,16H2,1-3H3,(H,27,30)(H2,28,29,35)/t24-/m0/s1. The van der Waals surface area contributed by atoms with E-state index in [0.29, 0.717) is 40.9 Å². The highest BCUT2D eigenvalue weighted by molar-refractivity contribution is 7.80. The lowest BCUT2D eigenvalue weighted by Crippen LogP contribution is -2.45. The van der Waals surface area contributed by atoms with Crippen LogP contribution >= 0.6 is 12.2 Å². The first-order valence-corrected chi connectivity index (χ1v) is 12.1. The molecule has 1 atom stereocenters. The van der Waals surface area contributed by atoms with Crippen molar-refractivity contribution < 1.29 is 23.8 Å². The summed E-state index contributed by atoms with van der Waals surface area (Å²) in [5.74, 6) is 0.193. The SMILES string of the molecule is CCCC1=C(C(=O)OCC)[C@H](c2ccc(OCC(=O)Nc3ccccc3)c(OCC)c2)NC(=S)N1. The summed E-state index contributed by atoms with van der Waals surface area (Å²) in [6.07, 6.45) is 1.49. The minimum atomic E-state index is -0.515. The van der Waals surface area contributed by atoms with Crippen molar-refractivity contribution in [3.8, 4) is 11.5 Å². The average molecular weight is 498 g/mol. The predicted molar refractivity (Wildman–Crippen MR) is 138 cm³/mol. The third-order valence-electron chi connectivity index (χ3n) is 5.17. The summed E-state index contributed by atoms with van der Waals surface area (Å²) in [6.45, 7) is 6.15. The smallest absolute Gasteiger partial charge is 0.338 e. The molecule has 0 aromatic heterocycles. The largest absolute Gasteiger partial charge is 0.490 e.